The first-order valence-electron chi connectivity index (χ1n) is 9.42. The molecule has 1 atom stereocenters. The van der Waals surface area contributed by atoms with Crippen molar-refractivity contribution in [1.29, 1.82) is 0 Å². The van der Waals surface area contributed by atoms with E-state index in [1.54, 1.807) is 31.0 Å². The SMILES string of the molecule is CCOC(=O)C1CCCN(C(=O)CN(C)C(=O)CN(C)C(=O)c2ccc(Br)s2)C1. The third kappa shape index (κ3) is 6.53. The molecule has 2 rings (SSSR count). The number of carbonyl (C=O) groups is 4. The molecule has 2 heterocycles. The van der Waals surface area contributed by atoms with Crippen LogP contribution in [0.1, 0.15) is 29.4 Å². The number of carbonyl (C=O) groups excluding carboxylic acids is 4. The van der Waals surface area contributed by atoms with Gasteiger partial charge in [-0.2, -0.15) is 0 Å². The van der Waals surface area contributed by atoms with E-state index in [1.165, 1.54) is 28.2 Å². The minimum atomic E-state index is -0.330. The first kappa shape index (κ1) is 23.3. The molecule has 29 heavy (non-hydrogen) atoms. The van der Waals surface area contributed by atoms with Gasteiger partial charge in [-0.1, -0.05) is 0 Å². The molecule has 8 nitrogen and oxygen atoms in total. The topological polar surface area (TPSA) is 87.2 Å². The third-order valence-corrected chi connectivity index (χ3v) is 6.31. The highest BCUT2D eigenvalue weighted by Crippen LogP contribution is 2.23. The summed E-state index contributed by atoms with van der Waals surface area (Å²) in [6, 6.07) is 3.47. The number of esters is 1. The van der Waals surface area contributed by atoms with Crippen LogP contribution in [0.4, 0.5) is 0 Å². The fourth-order valence-electron chi connectivity index (χ4n) is 3.06. The molecule has 0 N–H and O–H groups in total. The second kappa shape index (κ2) is 10.7. The third-order valence-electron chi connectivity index (χ3n) is 4.70. The minimum absolute atomic E-state index is 0.0963. The summed E-state index contributed by atoms with van der Waals surface area (Å²) in [4.78, 5) is 54.1. The summed E-state index contributed by atoms with van der Waals surface area (Å²) in [7, 11) is 3.09. The van der Waals surface area contributed by atoms with Crippen LogP contribution in [0.2, 0.25) is 0 Å². The maximum Gasteiger partial charge on any atom is 0.310 e. The van der Waals surface area contributed by atoms with Crippen LogP contribution in [0.3, 0.4) is 0 Å². The van der Waals surface area contributed by atoms with Gasteiger partial charge in [0.15, 0.2) is 0 Å². The van der Waals surface area contributed by atoms with Crippen LogP contribution in [0.5, 0.6) is 0 Å². The highest BCUT2D eigenvalue weighted by molar-refractivity contribution is 9.11. The Labute approximate surface area is 182 Å². The lowest BCUT2D eigenvalue weighted by atomic mass is 9.98. The second-order valence-electron chi connectivity index (χ2n) is 6.95. The van der Waals surface area contributed by atoms with E-state index in [2.05, 4.69) is 15.9 Å². The summed E-state index contributed by atoms with van der Waals surface area (Å²) in [6.07, 6.45) is 1.42. The van der Waals surface area contributed by atoms with Gasteiger partial charge in [-0.25, -0.2) is 0 Å². The van der Waals surface area contributed by atoms with E-state index in [9.17, 15) is 19.2 Å². The Balaban J connectivity index is 1.85. The van der Waals surface area contributed by atoms with E-state index in [-0.39, 0.29) is 42.7 Å². The summed E-state index contributed by atoms with van der Waals surface area (Å²) in [5.74, 6) is -1.39. The molecule has 1 saturated heterocycles. The van der Waals surface area contributed by atoms with E-state index < -0.39 is 0 Å². The van der Waals surface area contributed by atoms with Gasteiger partial charge in [-0.05, 0) is 47.8 Å². The Kier molecular flexibility index (Phi) is 8.63. The van der Waals surface area contributed by atoms with Crippen molar-refractivity contribution in [2.75, 3.05) is 46.9 Å². The lowest BCUT2D eigenvalue weighted by Crippen LogP contribution is -2.48. The summed E-state index contributed by atoms with van der Waals surface area (Å²) in [5, 5.41) is 0. The van der Waals surface area contributed by atoms with Crippen LogP contribution < -0.4 is 0 Å². The number of likely N-dealkylation sites (tertiary alicyclic amines) is 1. The molecule has 1 aliphatic rings. The van der Waals surface area contributed by atoms with Gasteiger partial charge in [0.25, 0.3) is 5.91 Å². The molecular formula is C19H26BrN3O5S. The van der Waals surface area contributed by atoms with Crippen molar-refractivity contribution in [3.63, 3.8) is 0 Å². The van der Waals surface area contributed by atoms with Crippen molar-refractivity contribution in [1.82, 2.24) is 14.7 Å². The lowest BCUT2D eigenvalue weighted by molar-refractivity contribution is -0.152. The van der Waals surface area contributed by atoms with Crippen LogP contribution in [0.15, 0.2) is 15.9 Å². The standard InChI is InChI=1S/C19H26BrN3O5S/c1-4-28-19(27)13-6-5-9-23(10-13)17(25)12-21(2)16(24)11-22(3)18(26)14-7-8-15(20)29-14/h7-8,13H,4-6,9-12H2,1-3H3. The number of ether oxygens (including phenoxy) is 1. The number of rotatable bonds is 7. The van der Waals surface area contributed by atoms with Crippen molar-refractivity contribution in [3.8, 4) is 0 Å². The molecule has 1 unspecified atom stereocenters. The highest BCUT2D eigenvalue weighted by Gasteiger charge is 2.30. The monoisotopic (exact) mass is 487 g/mol. The van der Waals surface area contributed by atoms with Gasteiger partial charge in [-0.15, -0.1) is 11.3 Å². The largest absolute Gasteiger partial charge is 0.466 e. The molecule has 1 aliphatic heterocycles. The van der Waals surface area contributed by atoms with Crippen LogP contribution in [-0.2, 0) is 19.1 Å². The fraction of sp³-hybridized carbons (Fsp3) is 0.579. The first-order chi connectivity index (χ1) is 13.7. The maximum absolute atomic E-state index is 12.6. The van der Waals surface area contributed by atoms with Gasteiger partial charge in [-0.3, -0.25) is 19.2 Å². The molecule has 0 radical (unpaired) electrons. The van der Waals surface area contributed by atoms with Gasteiger partial charge in [0.05, 0.1) is 34.3 Å². The number of thiophene rings is 1. The average Bonchev–Trinajstić information content (AvgIpc) is 3.13. The van der Waals surface area contributed by atoms with Crippen molar-refractivity contribution < 1.29 is 23.9 Å². The Morgan fingerprint density at radius 1 is 1.21 bits per heavy atom. The van der Waals surface area contributed by atoms with E-state index in [0.717, 1.165) is 10.2 Å². The molecule has 3 amide bonds. The average molecular weight is 488 g/mol. The number of nitrogens with zero attached hydrogens (tertiary/aromatic N) is 3. The highest BCUT2D eigenvalue weighted by atomic mass is 79.9. The summed E-state index contributed by atoms with van der Waals surface area (Å²) in [5.41, 5.74) is 0. The molecule has 0 spiro atoms. The Bertz CT molecular complexity index is 769. The van der Waals surface area contributed by atoms with E-state index >= 15 is 0 Å². The number of piperidine rings is 1. The summed E-state index contributed by atoms with van der Waals surface area (Å²) >= 11 is 4.61. The molecule has 0 bridgehead atoms. The Hall–Kier alpha value is -1.94. The number of halogens is 1. The molecule has 1 aromatic heterocycles. The van der Waals surface area contributed by atoms with Crippen LogP contribution in [0.25, 0.3) is 0 Å². The van der Waals surface area contributed by atoms with Gasteiger partial charge < -0.3 is 19.4 Å². The zero-order chi connectivity index (χ0) is 21.6. The summed E-state index contributed by atoms with van der Waals surface area (Å²) in [6.45, 7) is 2.72. The van der Waals surface area contributed by atoms with Crippen molar-refractivity contribution >= 4 is 51.0 Å². The van der Waals surface area contributed by atoms with Crippen LogP contribution in [0, 0.1) is 5.92 Å². The molecule has 0 saturated carbocycles. The van der Waals surface area contributed by atoms with Gasteiger partial charge in [0, 0.05) is 27.2 Å². The number of hydrogen-bond acceptors (Lipinski definition) is 6. The van der Waals surface area contributed by atoms with Gasteiger partial charge in [0.1, 0.15) is 0 Å². The number of hydrogen-bond donors (Lipinski definition) is 0. The van der Waals surface area contributed by atoms with E-state index in [0.29, 0.717) is 31.0 Å². The zero-order valence-electron chi connectivity index (χ0n) is 16.9. The van der Waals surface area contributed by atoms with E-state index in [1.807, 2.05) is 0 Å². The second-order valence-corrected chi connectivity index (χ2v) is 9.41. The predicted octanol–water partition coefficient (Wildman–Crippen LogP) is 1.84. The van der Waals surface area contributed by atoms with Crippen molar-refractivity contribution in [2.24, 2.45) is 5.92 Å². The molecule has 0 aliphatic carbocycles. The maximum atomic E-state index is 12.6. The van der Waals surface area contributed by atoms with Crippen molar-refractivity contribution in [3.05, 3.63) is 20.8 Å². The Morgan fingerprint density at radius 2 is 1.93 bits per heavy atom. The van der Waals surface area contributed by atoms with Gasteiger partial charge >= 0.3 is 5.97 Å². The molecular weight excluding hydrogens is 462 g/mol. The quantitative estimate of drug-likeness (QED) is 0.547. The normalized spacial score (nSPS) is 16.3. The van der Waals surface area contributed by atoms with Crippen molar-refractivity contribution in [2.45, 2.75) is 19.8 Å². The van der Waals surface area contributed by atoms with Crippen LogP contribution >= 0.6 is 27.3 Å². The van der Waals surface area contributed by atoms with Gasteiger partial charge in [0.2, 0.25) is 11.8 Å². The number of amides is 3. The zero-order valence-corrected chi connectivity index (χ0v) is 19.3. The smallest absolute Gasteiger partial charge is 0.310 e. The molecule has 160 valence electrons. The molecule has 0 aromatic carbocycles. The van der Waals surface area contributed by atoms with E-state index in [4.69, 9.17) is 4.74 Å². The fourth-order valence-corrected chi connectivity index (χ4v) is 4.44. The predicted molar refractivity (Wildman–Crippen MR) is 113 cm³/mol. The number of likely N-dealkylation sites (N-methyl/N-ethyl adjacent to an activating group) is 2. The molecule has 1 aromatic rings. The van der Waals surface area contributed by atoms with Crippen LogP contribution in [-0.4, -0.2) is 85.3 Å². The molecule has 1 fully saturated rings. The summed E-state index contributed by atoms with van der Waals surface area (Å²) < 4.78 is 5.89. The lowest BCUT2D eigenvalue weighted by Gasteiger charge is -2.32. The minimum Gasteiger partial charge on any atom is -0.466 e. The Morgan fingerprint density at radius 3 is 2.55 bits per heavy atom. The molecule has 10 heteroatoms. The first-order valence-corrected chi connectivity index (χ1v) is 11.0.